The zero-order chi connectivity index (χ0) is 13.5. The van der Waals surface area contributed by atoms with Gasteiger partial charge in [0.2, 0.25) is 0 Å². The quantitative estimate of drug-likeness (QED) is 0.771. The molecule has 0 bridgehead atoms. The van der Waals surface area contributed by atoms with E-state index in [1.165, 1.54) is 25.3 Å². The summed E-state index contributed by atoms with van der Waals surface area (Å²) in [6, 6.07) is 5.12. The molecule has 1 aromatic rings. The first-order valence-electron chi connectivity index (χ1n) is 7.09. The fourth-order valence-corrected chi connectivity index (χ4v) is 2.47. The lowest BCUT2D eigenvalue weighted by molar-refractivity contribution is 0.368. The molecule has 2 unspecified atom stereocenters. The Hall–Kier alpha value is -0.890. The Morgan fingerprint density at radius 2 is 2.00 bits per heavy atom. The summed E-state index contributed by atoms with van der Waals surface area (Å²) in [5, 5.41) is 0. The molecule has 0 aliphatic carbocycles. The summed E-state index contributed by atoms with van der Waals surface area (Å²) < 4.78 is 13.2. The van der Waals surface area contributed by atoms with E-state index in [9.17, 15) is 4.39 Å². The number of hydrogen-bond acceptors (Lipinski definition) is 1. The molecular formula is C16H26FN. The van der Waals surface area contributed by atoms with Crippen LogP contribution in [0.2, 0.25) is 0 Å². The number of rotatable bonds is 7. The maximum absolute atomic E-state index is 13.2. The molecule has 18 heavy (non-hydrogen) atoms. The standard InChI is InChI=1S/C16H26FN/c1-4-6-7-13(5-2)16(18)11-14-10-15(17)9-8-12(14)3/h8-10,13,16H,4-7,11,18H2,1-3H3. The molecule has 0 heterocycles. The first-order chi connectivity index (χ1) is 8.58. The minimum atomic E-state index is -0.163. The number of halogens is 1. The molecule has 1 nitrogen and oxygen atoms in total. The minimum absolute atomic E-state index is 0.141. The Morgan fingerprint density at radius 1 is 1.28 bits per heavy atom. The third kappa shape index (κ3) is 4.41. The highest BCUT2D eigenvalue weighted by atomic mass is 19.1. The smallest absolute Gasteiger partial charge is 0.123 e. The molecule has 0 aromatic heterocycles. The molecule has 0 fully saturated rings. The molecule has 0 aliphatic heterocycles. The Morgan fingerprint density at radius 3 is 2.61 bits per heavy atom. The van der Waals surface area contributed by atoms with E-state index in [-0.39, 0.29) is 11.9 Å². The van der Waals surface area contributed by atoms with Crippen LogP contribution in [0, 0.1) is 18.7 Å². The van der Waals surface area contributed by atoms with Crippen LogP contribution >= 0.6 is 0 Å². The lowest BCUT2D eigenvalue weighted by Crippen LogP contribution is -2.32. The van der Waals surface area contributed by atoms with Gasteiger partial charge in [-0.3, -0.25) is 0 Å². The average molecular weight is 251 g/mol. The van der Waals surface area contributed by atoms with E-state index < -0.39 is 0 Å². The van der Waals surface area contributed by atoms with Gasteiger partial charge in [0.15, 0.2) is 0 Å². The third-order valence-electron chi connectivity index (χ3n) is 3.83. The summed E-state index contributed by atoms with van der Waals surface area (Å²) >= 11 is 0. The highest BCUT2D eigenvalue weighted by molar-refractivity contribution is 5.27. The van der Waals surface area contributed by atoms with Crippen molar-refractivity contribution in [2.45, 2.75) is 58.9 Å². The summed E-state index contributed by atoms with van der Waals surface area (Å²) in [7, 11) is 0. The van der Waals surface area contributed by atoms with Crippen LogP contribution in [-0.2, 0) is 6.42 Å². The van der Waals surface area contributed by atoms with Gasteiger partial charge in [-0.2, -0.15) is 0 Å². The van der Waals surface area contributed by atoms with Crippen molar-refractivity contribution in [1.82, 2.24) is 0 Å². The SMILES string of the molecule is CCCCC(CC)C(N)Cc1cc(F)ccc1C. The van der Waals surface area contributed by atoms with E-state index >= 15 is 0 Å². The van der Waals surface area contributed by atoms with Gasteiger partial charge in [-0.05, 0) is 48.9 Å². The summed E-state index contributed by atoms with van der Waals surface area (Å²) in [6.45, 7) is 6.42. The van der Waals surface area contributed by atoms with Crippen molar-refractivity contribution in [2.24, 2.45) is 11.7 Å². The molecule has 0 saturated heterocycles. The van der Waals surface area contributed by atoms with E-state index in [0.29, 0.717) is 5.92 Å². The molecule has 0 aliphatic rings. The second-order valence-electron chi connectivity index (χ2n) is 5.25. The number of aryl methyl sites for hydroxylation is 1. The van der Waals surface area contributed by atoms with Crippen LogP contribution in [0.15, 0.2) is 18.2 Å². The predicted octanol–water partition coefficient (Wildman–Crippen LogP) is 4.22. The van der Waals surface area contributed by atoms with Gasteiger partial charge in [0.25, 0.3) is 0 Å². The van der Waals surface area contributed by atoms with Crippen LogP contribution in [0.1, 0.15) is 50.7 Å². The molecular weight excluding hydrogens is 225 g/mol. The maximum Gasteiger partial charge on any atom is 0.123 e. The number of hydrogen-bond donors (Lipinski definition) is 1. The van der Waals surface area contributed by atoms with E-state index in [0.717, 1.165) is 24.0 Å². The zero-order valence-electron chi connectivity index (χ0n) is 11.9. The fourth-order valence-electron chi connectivity index (χ4n) is 2.47. The van der Waals surface area contributed by atoms with Gasteiger partial charge < -0.3 is 5.73 Å². The van der Waals surface area contributed by atoms with Crippen molar-refractivity contribution >= 4 is 0 Å². The minimum Gasteiger partial charge on any atom is -0.327 e. The number of benzene rings is 1. The second-order valence-corrected chi connectivity index (χ2v) is 5.25. The molecule has 0 spiro atoms. The van der Waals surface area contributed by atoms with E-state index in [1.54, 1.807) is 6.07 Å². The number of unbranched alkanes of at least 4 members (excludes halogenated alkanes) is 1. The van der Waals surface area contributed by atoms with E-state index in [2.05, 4.69) is 13.8 Å². The second kappa shape index (κ2) is 7.52. The molecule has 1 rings (SSSR count). The normalized spacial score (nSPS) is 14.5. The lowest BCUT2D eigenvalue weighted by atomic mass is 9.87. The van der Waals surface area contributed by atoms with Crippen LogP contribution in [-0.4, -0.2) is 6.04 Å². The van der Waals surface area contributed by atoms with Crippen LogP contribution in [0.4, 0.5) is 4.39 Å². The van der Waals surface area contributed by atoms with Crippen molar-refractivity contribution in [2.75, 3.05) is 0 Å². The monoisotopic (exact) mass is 251 g/mol. The summed E-state index contributed by atoms with van der Waals surface area (Å²) in [5.74, 6) is 0.386. The Bertz CT molecular complexity index is 362. The maximum atomic E-state index is 13.2. The molecule has 0 radical (unpaired) electrons. The van der Waals surface area contributed by atoms with Crippen molar-refractivity contribution in [3.63, 3.8) is 0 Å². The largest absolute Gasteiger partial charge is 0.327 e. The van der Waals surface area contributed by atoms with E-state index in [1.807, 2.05) is 13.0 Å². The van der Waals surface area contributed by atoms with Gasteiger partial charge in [0.1, 0.15) is 5.82 Å². The van der Waals surface area contributed by atoms with Gasteiger partial charge in [-0.25, -0.2) is 4.39 Å². The van der Waals surface area contributed by atoms with Crippen LogP contribution in [0.3, 0.4) is 0 Å². The van der Waals surface area contributed by atoms with E-state index in [4.69, 9.17) is 5.73 Å². The zero-order valence-corrected chi connectivity index (χ0v) is 11.9. The Labute approximate surface area is 111 Å². The van der Waals surface area contributed by atoms with Gasteiger partial charge >= 0.3 is 0 Å². The molecule has 102 valence electrons. The average Bonchev–Trinajstić information content (AvgIpc) is 2.35. The summed E-state index contributed by atoms with van der Waals surface area (Å²) in [4.78, 5) is 0. The van der Waals surface area contributed by atoms with Crippen molar-refractivity contribution < 1.29 is 4.39 Å². The van der Waals surface area contributed by atoms with Crippen LogP contribution < -0.4 is 5.73 Å². The number of nitrogens with two attached hydrogens (primary N) is 1. The van der Waals surface area contributed by atoms with Gasteiger partial charge in [-0.15, -0.1) is 0 Å². The summed E-state index contributed by atoms with van der Waals surface area (Å²) in [5.41, 5.74) is 8.49. The highest BCUT2D eigenvalue weighted by Gasteiger charge is 2.17. The topological polar surface area (TPSA) is 26.0 Å². The van der Waals surface area contributed by atoms with Crippen LogP contribution in [0.25, 0.3) is 0 Å². The van der Waals surface area contributed by atoms with Crippen molar-refractivity contribution in [1.29, 1.82) is 0 Å². The summed E-state index contributed by atoms with van der Waals surface area (Å²) in [6.07, 6.45) is 5.51. The first-order valence-corrected chi connectivity index (χ1v) is 7.09. The van der Waals surface area contributed by atoms with Crippen molar-refractivity contribution in [3.05, 3.63) is 35.1 Å². The lowest BCUT2D eigenvalue weighted by Gasteiger charge is -2.23. The Kier molecular flexibility index (Phi) is 6.34. The molecule has 0 saturated carbocycles. The molecule has 2 N–H and O–H groups in total. The van der Waals surface area contributed by atoms with Gasteiger partial charge in [-0.1, -0.05) is 39.2 Å². The molecule has 2 heteroatoms. The molecule has 0 amide bonds. The van der Waals surface area contributed by atoms with Crippen molar-refractivity contribution in [3.8, 4) is 0 Å². The predicted molar refractivity (Wildman–Crippen MR) is 76.1 cm³/mol. The third-order valence-corrected chi connectivity index (χ3v) is 3.83. The molecule has 2 atom stereocenters. The first kappa shape index (κ1) is 15.2. The fraction of sp³-hybridized carbons (Fsp3) is 0.625. The molecule has 1 aromatic carbocycles. The van der Waals surface area contributed by atoms with Crippen LogP contribution in [0.5, 0.6) is 0 Å². The highest BCUT2D eigenvalue weighted by Crippen LogP contribution is 2.20. The Balaban J connectivity index is 2.66. The van der Waals surface area contributed by atoms with Gasteiger partial charge in [0, 0.05) is 6.04 Å². The van der Waals surface area contributed by atoms with Gasteiger partial charge in [0.05, 0.1) is 0 Å².